The van der Waals surface area contributed by atoms with E-state index in [0.29, 0.717) is 13.0 Å². The zero-order valence-corrected chi connectivity index (χ0v) is 11.8. The van der Waals surface area contributed by atoms with Crippen LogP contribution in [0.1, 0.15) is 38.5 Å². The van der Waals surface area contributed by atoms with Crippen molar-refractivity contribution >= 4 is 18.3 Å². The lowest BCUT2D eigenvalue weighted by Gasteiger charge is -2.25. The van der Waals surface area contributed by atoms with Gasteiger partial charge in [-0.05, 0) is 51.1 Å². The molecule has 1 unspecified atom stereocenters. The summed E-state index contributed by atoms with van der Waals surface area (Å²) in [6, 6.07) is 0.254. The van der Waals surface area contributed by atoms with Crippen molar-refractivity contribution < 1.29 is 9.53 Å². The van der Waals surface area contributed by atoms with Gasteiger partial charge in [0.25, 0.3) is 0 Å². The van der Waals surface area contributed by atoms with E-state index in [1.807, 2.05) is 0 Å². The Kier molecular flexibility index (Phi) is 7.63. The lowest BCUT2D eigenvalue weighted by Crippen LogP contribution is -2.40. The largest absolute Gasteiger partial charge is 0.379 e. The molecule has 0 aromatic heterocycles. The molecule has 1 amide bonds. The standard InChI is InChI=1S/C13H24N2O2.ClH/c16-13(15-12-2-1-9-17-10-12)4-3-11-5-7-14-8-6-11;/h11-12,14H,1-10H2,(H,15,16);1H. The number of hydrogen-bond donors (Lipinski definition) is 2. The Bertz CT molecular complexity index is 239. The van der Waals surface area contributed by atoms with Crippen molar-refractivity contribution in [2.24, 2.45) is 5.92 Å². The first kappa shape index (κ1) is 15.7. The Hall–Kier alpha value is -0.320. The Morgan fingerprint density at radius 3 is 2.72 bits per heavy atom. The van der Waals surface area contributed by atoms with Crippen LogP contribution >= 0.6 is 12.4 Å². The van der Waals surface area contributed by atoms with Crippen molar-refractivity contribution in [2.45, 2.75) is 44.6 Å². The monoisotopic (exact) mass is 276 g/mol. The molecule has 18 heavy (non-hydrogen) atoms. The van der Waals surface area contributed by atoms with Gasteiger partial charge >= 0.3 is 0 Å². The van der Waals surface area contributed by atoms with E-state index < -0.39 is 0 Å². The molecule has 0 saturated carbocycles. The van der Waals surface area contributed by atoms with Gasteiger partial charge in [-0.1, -0.05) is 0 Å². The maximum absolute atomic E-state index is 11.8. The van der Waals surface area contributed by atoms with Crippen LogP contribution in [0.3, 0.4) is 0 Å². The highest BCUT2D eigenvalue weighted by atomic mass is 35.5. The Labute approximate surface area is 116 Å². The summed E-state index contributed by atoms with van der Waals surface area (Å²) in [7, 11) is 0. The van der Waals surface area contributed by atoms with Crippen molar-refractivity contribution in [3.8, 4) is 0 Å². The predicted octanol–water partition coefficient (Wildman–Crippen LogP) is 1.48. The third-order valence-corrected chi connectivity index (χ3v) is 3.76. The van der Waals surface area contributed by atoms with Gasteiger partial charge in [-0.25, -0.2) is 0 Å². The number of piperidine rings is 1. The van der Waals surface area contributed by atoms with E-state index in [4.69, 9.17) is 4.74 Å². The molecule has 2 aliphatic rings. The minimum atomic E-state index is 0. The average molecular weight is 277 g/mol. The first-order chi connectivity index (χ1) is 8.34. The number of carbonyl (C=O) groups excluding carboxylic acids is 1. The van der Waals surface area contributed by atoms with Gasteiger partial charge in [-0.15, -0.1) is 12.4 Å². The molecule has 0 bridgehead atoms. The molecule has 2 N–H and O–H groups in total. The lowest BCUT2D eigenvalue weighted by atomic mass is 9.93. The van der Waals surface area contributed by atoms with E-state index in [-0.39, 0.29) is 24.4 Å². The van der Waals surface area contributed by atoms with Crippen molar-refractivity contribution in [2.75, 3.05) is 26.3 Å². The molecule has 2 saturated heterocycles. The highest BCUT2D eigenvalue weighted by molar-refractivity contribution is 5.85. The number of halogens is 1. The zero-order chi connectivity index (χ0) is 11.9. The van der Waals surface area contributed by atoms with Gasteiger partial charge in [0.1, 0.15) is 0 Å². The van der Waals surface area contributed by atoms with Crippen LogP contribution in [0.4, 0.5) is 0 Å². The van der Waals surface area contributed by atoms with Crippen LogP contribution in [-0.4, -0.2) is 38.3 Å². The first-order valence-corrected chi connectivity index (χ1v) is 6.92. The zero-order valence-electron chi connectivity index (χ0n) is 11.0. The smallest absolute Gasteiger partial charge is 0.220 e. The molecule has 0 aromatic carbocycles. The van der Waals surface area contributed by atoms with Gasteiger partial charge in [-0.3, -0.25) is 4.79 Å². The van der Waals surface area contributed by atoms with E-state index in [9.17, 15) is 4.79 Å². The summed E-state index contributed by atoms with van der Waals surface area (Å²) in [5.41, 5.74) is 0. The van der Waals surface area contributed by atoms with Gasteiger partial charge < -0.3 is 15.4 Å². The van der Waals surface area contributed by atoms with Gasteiger partial charge in [0.2, 0.25) is 5.91 Å². The maximum Gasteiger partial charge on any atom is 0.220 e. The van der Waals surface area contributed by atoms with Crippen LogP contribution in [0.25, 0.3) is 0 Å². The summed E-state index contributed by atoms with van der Waals surface area (Å²) in [6.45, 7) is 3.77. The molecule has 2 rings (SSSR count). The maximum atomic E-state index is 11.8. The van der Waals surface area contributed by atoms with Crippen LogP contribution < -0.4 is 10.6 Å². The second-order valence-electron chi connectivity index (χ2n) is 5.21. The summed E-state index contributed by atoms with van der Waals surface area (Å²) in [6.07, 6.45) is 6.31. The van der Waals surface area contributed by atoms with Crippen LogP contribution in [0.5, 0.6) is 0 Å². The lowest BCUT2D eigenvalue weighted by molar-refractivity contribution is -0.123. The summed E-state index contributed by atoms with van der Waals surface area (Å²) < 4.78 is 5.35. The molecule has 106 valence electrons. The molecule has 2 fully saturated rings. The highest BCUT2D eigenvalue weighted by Crippen LogP contribution is 2.17. The first-order valence-electron chi connectivity index (χ1n) is 6.92. The normalized spacial score (nSPS) is 25.2. The van der Waals surface area contributed by atoms with Crippen LogP contribution in [0, 0.1) is 5.92 Å². The van der Waals surface area contributed by atoms with Crippen molar-refractivity contribution in [1.29, 1.82) is 0 Å². The number of ether oxygens (including phenoxy) is 1. The predicted molar refractivity (Wildman–Crippen MR) is 74.1 cm³/mol. The molecule has 0 spiro atoms. The average Bonchev–Trinajstić information content (AvgIpc) is 2.39. The topological polar surface area (TPSA) is 50.4 Å². The van der Waals surface area contributed by atoms with Crippen molar-refractivity contribution in [3.05, 3.63) is 0 Å². The fourth-order valence-corrected chi connectivity index (χ4v) is 2.66. The molecule has 4 nitrogen and oxygen atoms in total. The fourth-order valence-electron chi connectivity index (χ4n) is 2.66. The molecule has 2 aliphatic heterocycles. The van der Waals surface area contributed by atoms with Crippen LogP contribution in [-0.2, 0) is 9.53 Å². The molecule has 2 heterocycles. The Morgan fingerprint density at radius 2 is 2.06 bits per heavy atom. The number of carbonyl (C=O) groups is 1. The second kappa shape index (κ2) is 8.73. The molecule has 0 radical (unpaired) electrons. The van der Waals surface area contributed by atoms with E-state index in [1.165, 1.54) is 12.8 Å². The van der Waals surface area contributed by atoms with Crippen LogP contribution in [0.2, 0.25) is 0 Å². The molecule has 0 aromatic rings. The van der Waals surface area contributed by atoms with Gasteiger partial charge in [0, 0.05) is 13.0 Å². The van der Waals surface area contributed by atoms with E-state index >= 15 is 0 Å². The minimum Gasteiger partial charge on any atom is -0.379 e. The summed E-state index contributed by atoms with van der Waals surface area (Å²) in [4.78, 5) is 11.8. The quantitative estimate of drug-likeness (QED) is 0.818. The van der Waals surface area contributed by atoms with E-state index in [0.717, 1.165) is 44.9 Å². The molecule has 0 aliphatic carbocycles. The van der Waals surface area contributed by atoms with Crippen molar-refractivity contribution in [1.82, 2.24) is 10.6 Å². The number of rotatable bonds is 4. The highest BCUT2D eigenvalue weighted by Gasteiger charge is 2.18. The summed E-state index contributed by atoms with van der Waals surface area (Å²) in [5, 5.41) is 6.43. The number of nitrogens with one attached hydrogen (secondary N) is 2. The van der Waals surface area contributed by atoms with Gasteiger partial charge in [0.15, 0.2) is 0 Å². The molecule has 5 heteroatoms. The fraction of sp³-hybridized carbons (Fsp3) is 0.923. The number of amides is 1. The third kappa shape index (κ3) is 5.55. The Morgan fingerprint density at radius 1 is 1.28 bits per heavy atom. The van der Waals surface area contributed by atoms with Crippen molar-refractivity contribution in [3.63, 3.8) is 0 Å². The van der Waals surface area contributed by atoms with Crippen LogP contribution in [0.15, 0.2) is 0 Å². The summed E-state index contributed by atoms with van der Waals surface area (Å²) in [5.74, 6) is 0.948. The second-order valence-corrected chi connectivity index (χ2v) is 5.21. The molecule has 1 atom stereocenters. The van der Waals surface area contributed by atoms with E-state index in [1.54, 1.807) is 0 Å². The third-order valence-electron chi connectivity index (χ3n) is 3.76. The van der Waals surface area contributed by atoms with E-state index in [2.05, 4.69) is 10.6 Å². The van der Waals surface area contributed by atoms with Gasteiger partial charge in [0.05, 0.1) is 12.6 Å². The SMILES string of the molecule is Cl.O=C(CCC1CCNCC1)NC1CCCOC1. The molecular weight excluding hydrogens is 252 g/mol. The number of hydrogen-bond acceptors (Lipinski definition) is 3. The Balaban J connectivity index is 0.00000162. The molecular formula is C13H25ClN2O2. The summed E-state index contributed by atoms with van der Waals surface area (Å²) >= 11 is 0. The minimum absolute atomic E-state index is 0. The van der Waals surface area contributed by atoms with Gasteiger partial charge in [-0.2, -0.15) is 0 Å².